The van der Waals surface area contributed by atoms with Gasteiger partial charge in [0.2, 0.25) is 0 Å². The van der Waals surface area contributed by atoms with Gasteiger partial charge in [0, 0.05) is 27.6 Å². The number of hydrogen-bond acceptors (Lipinski definition) is 2. The lowest BCUT2D eigenvalue weighted by Crippen LogP contribution is -2.48. The topological polar surface area (TPSA) is 15.6 Å². The Bertz CT molecular complexity index is 867. The van der Waals surface area contributed by atoms with Gasteiger partial charge in [-0.15, -0.1) is 0 Å². The van der Waals surface area contributed by atoms with E-state index < -0.39 is 0 Å². The van der Waals surface area contributed by atoms with Crippen molar-refractivity contribution in [2.75, 3.05) is 11.4 Å². The van der Waals surface area contributed by atoms with E-state index >= 15 is 0 Å². The SMILES string of the molecule is CCCN1c2cc(C)c(C=Nc3ccc(I)c(C)c3)cc2C(C)CC1(C)C. The summed E-state index contributed by atoms with van der Waals surface area (Å²) >= 11 is 2.37. The van der Waals surface area contributed by atoms with Crippen molar-refractivity contribution in [1.29, 1.82) is 0 Å². The van der Waals surface area contributed by atoms with Gasteiger partial charge in [-0.25, -0.2) is 0 Å². The van der Waals surface area contributed by atoms with Gasteiger partial charge in [0.05, 0.1) is 5.69 Å². The smallest absolute Gasteiger partial charge is 0.0633 e. The highest BCUT2D eigenvalue weighted by atomic mass is 127. The van der Waals surface area contributed by atoms with Crippen LogP contribution in [0.3, 0.4) is 0 Å². The Kier molecular flexibility index (Phi) is 5.99. The van der Waals surface area contributed by atoms with Crippen molar-refractivity contribution in [3.8, 4) is 0 Å². The molecule has 0 fully saturated rings. The average Bonchev–Trinajstić information content (AvgIpc) is 2.59. The summed E-state index contributed by atoms with van der Waals surface area (Å²) in [7, 11) is 0. The lowest BCUT2D eigenvalue weighted by atomic mass is 9.79. The maximum absolute atomic E-state index is 4.76. The van der Waals surface area contributed by atoms with Gasteiger partial charge in [0.1, 0.15) is 0 Å². The molecule has 0 spiro atoms. The van der Waals surface area contributed by atoms with Crippen molar-refractivity contribution >= 4 is 40.2 Å². The molecule has 27 heavy (non-hydrogen) atoms. The fourth-order valence-electron chi connectivity index (χ4n) is 4.29. The van der Waals surface area contributed by atoms with E-state index in [1.54, 1.807) is 0 Å². The Morgan fingerprint density at radius 1 is 1.19 bits per heavy atom. The van der Waals surface area contributed by atoms with Gasteiger partial charge in [0.25, 0.3) is 0 Å². The molecule has 2 nitrogen and oxygen atoms in total. The molecule has 0 bridgehead atoms. The zero-order valence-electron chi connectivity index (χ0n) is 17.4. The lowest BCUT2D eigenvalue weighted by molar-refractivity contribution is 0.376. The van der Waals surface area contributed by atoms with Crippen LogP contribution in [0, 0.1) is 17.4 Å². The zero-order valence-corrected chi connectivity index (χ0v) is 19.6. The molecule has 3 heteroatoms. The number of aryl methyl sites for hydroxylation is 2. The van der Waals surface area contributed by atoms with Crippen molar-refractivity contribution in [2.45, 2.75) is 65.8 Å². The fraction of sp³-hybridized carbons (Fsp3) is 0.458. The molecule has 0 amide bonds. The van der Waals surface area contributed by atoms with Crippen LogP contribution in [0.15, 0.2) is 35.3 Å². The van der Waals surface area contributed by atoms with Crippen LogP contribution in [0.2, 0.25) is 0 Å². The van der Waals surface area contributed by atoms with E-state index in [0.29, 0.717) is 5.92 Å². The highest BCUT2D eigenvalue weighted by Crippen LogP contribution is 2.44. The highest BCUT2D eigenvalue weighted by molar-refractivity contribution is 14.1. The minimum Gasteiger partial charge on any atom is -0.366 e. The molecule has 1 atom stereocenters. The summed E-state index contributed by atoms with van der Waals surface area (Å²) in [6.07, 6.45) is 4.40. The molecule has 0 saturated carbocycles. The summed E-state index contributed by atoms with van der Waals surface area (Å²) in [6.45, 7) is 14.8. The first kappa shape index (κ1) is 20.4. The predicted molar refractivity (Wildman–Crippen MR) is 127 cm³/mol. The molecule has 0 radical (unpaired) electrons. The summed E-state index contributed by atoms with van der Waals surface area (Å²) in [6, 6.07) is 11.1. The first-order valence-corrected chi connectivity index (χ1v) is 11.0. The van der Waals surface area contributed by atoms with Gasteiger partial charge in [-0.05, 0) is 122 Å². The second-order valence-corrected chi connectivity index (χ2v) is 9.69. The maximum Gasteiger partial charge on any atom is 0.0633 e. The van der Waals surface area contributed by atoms with E-state index in [4.69, 9.17) is 4.99 Å². The molecule has 1 unspecified atom stereocenters. The Morgan fingerprint density at radius 3 is 2.59 bits per heavy atom. The minimum absolute atomic E-state index is 0.211. The predicted octanol–water partition coefficient (Wildman–Crippen LogP) is 7.16. The van der Waals surface area contributed by atoms with Crippen LogP contribution >= 0.6 is 22.6 Å². The van der Waals surface area contributed by atoms with Crippen LogP contribution in [0.25, 0.3) is 0 Å². The second-order valence-electron chi connectivity index (χ2n) is 8.53. The highest BCUT2D eigenvalue weighted by Gasteiger charge is 2.36. The number of halogens is 1. The Hall–Kier alpha value is -1.36. The quantitative estimate of drug-likeness (QED) is 0.339. The minimum atomic E-state index is 0.211. The van der Waals surface area contributed by atoms with Crippen LogP contribution in [0.1, 0.15) is 68.7 Å². The maximum atomic E-state index is 4.76. The van der Waals surface area contributed by atoms with E-state index in [-0.39, 0.29) is 5.54 Å². The molecule has 2 aromatic rings. The molecule has 0 N–H and O–H groups in total. The average molecular weight is 474 g/mol. The third-order valence-corrected chi connectivity index (χ3v) is 6.93. The van der Waals surface area contributed by atoms with Crippen molar-refractivity contribution in [1.82, 2.24) is 0 Å². The zero-order chi connectivity index (χ0) is 19.8. The van der Waals surface area contributed by atoms with Gasteiger partial charge < -0.3 is 4.90 Å². The fourth-order valence-corrected chi connectivity index (χ4v) is 4.63. The summed E-state index contributed by atoms with van der Waals surface area (Å²) in [5, 5.41) is 0. The summed E-state index contributed by atoms with van der Waals surface area (Å²) in [5.41, 5.74) is 7.92. The second kappa shape index (κ2) is 7.94. The normalized spacial score (nSPS) is 18.8. The van der Waals surface area contributed by atoms with Crippen molar-refractivity contribution in [3.63, 3.8) is 0 Å². The van der Waals surface area contributed by atoms with Gasteiger partial charge in [0.15, 0.2) is 0 Å². The molecule has 144 valence electrons. The molecular formula is C24H31IN2. The number of benzene rings is 2. The molecule has 2 aromatic carbocycles. The summed E-state index contributed by atoms with van der Waals surface area (Å²) < 4.78 is 1.28. The van der Waals surface area contributed by atoms with E-state index in [1.807, 2.05) is 6.21 Å². The third kappa shape index (κ3) is 4.23. The Labute approximate surface area is 178 Å². The summed E-state index contributed by atoms with van der Waals surface area (Å²) in [5.74, 6) is 0.566. The number of fused-ring (bicyclic) bond motifs is 1. The number of anilines is 1. The first-order chi connectivity index (χ1) is 12.7. The molecule has 0 saturated heterocycles. The van der Waals surface area contributed by atoms with Crippen LogP contribution in [-0.2, 0) is 0 Å². The Balaban J connectivity index is 1.99. The van der Waals surface area contributed by atoms with E-state index in [1.165, 1.54) is 44.4 Å². The standard InChI is InChI=1S/C24H31IN2/c1-7-10-27-23-12-16(2)19(13-21(23)18(4)14-24(27,5)6)15-26-20-8-9-22(25)17(3)11-20/h8-9,11-13,15,18H,7,10,14H2,1-6H3. The molecule has 1 aliphatic rings. The lowest BCUT2D eigenvalue weighted by Gasteiger charge is -2.48. The Morgan fingerprint density at radius 2 is 1.93 bits per heavy atom. The number of hydrogen-bond donors (Lipinski definition) is 0. The third-order valence-electron chi connectivity index (χ3n) is 5.71. The van der Waals surface area contributed by atoms with Crippen molar-refractivity contribution in [2.24, 2.45) is 4.99 Å². The van der Waals surface area contributed by atoms with Crippen LogP contribution in [0.5, 0.6) is 0 Å². The number of nitrogens with zero attached hydrogens (tertiary/aromatic N) is 2. The first-order valence-electron chi connectivity index (χ1n) is 9.95. The van der Waals surface area contributed by atoms with E-state index in [0.717, 1.165) is 12.2 Å². The van der Waals surface area contributed by atoms with Gasteiger partial charge in [-0.1, -0.05) is 13.8 Å². The molecule has 0 aromatic heterocycles. The van der Waals surface area contributed by atoms with Crippen LogP contribution in [-0.4, -0.2) is 18.3 Å². The molecule has 0 aliphatic carbocycles. The summed E-state index contributed by atoms with van der Waals surface area (Å²) in [4.78, 5) is 7.37. The van der Waals surface area contributed by atoms with Crippen molar-refractivity contribution < 1.29 is 0 Å². The van der Waals surface area contributed by atoms with Crippen molar-refractivity contribution in [3.05, 3.63) is 56.2 Å². The number of aliphatic imine (C=N–C) groups is 1. The monoisotopic (exact) mass is 474 g/mol. The van der Waals surface area contributed by atoms with Gasteiger partial charge >= 0.3 is 0 Å². The van der Waals surface area contributed by atoms with E-state index in [9.17, 15) is 0 Å². The van der Waals surface area contributed by atoms with Gasteiger partial charge in [-0.3, -0.25) is 4.99 Å². The van der Waals surface area contributed by atoms with E-state index in [2.05, 4.69) is 99.4 Å². The molecule has 1 heterocycles. The van der Waals surface area contributed by atoms with Crippen LogP contribution < -0.4 is 4.90 Å². The largest absolute Gasteiger partial charge is 0.366 e. The molecule has 1 aliphatic heterocycles. The van der Waals surface area contributed by atoms with Crippen LogP contribution in [0.4, 0.5) is 11.4 Å². The molecular weight excluding hydrogens is 443 g/mol. The van der Waals surface area contributed by atoms with Gasteiger partial charge in [-0.2, -0.15) is 0 Å². The number of rotatable bonds is 4. The molecule has 3 rings (SSSR count).